The average Bonchev–Trinajstić information content (AvgIpc) is 3.41. The minimum atomic E-state index is -0.0363. The fourth-order valence-electron chi connectivity index (χ4n) is 3.63. The monoisotopic (exact) mass is 391 g/mol. The van der Waals surface area contributed by atoms with Gasteiger partial charge >= 0.3 is 0 Å². The summed E-state index contributed by atoms with van der Waals surface area (Å²) in [6, 6.07) is 16.7. The summed E-state index contributed by atoms with van der Waals surface area (Å²) in [7, 11) is 1.86. The first kappa shape index (κ1) is 18.7. The number of hydrogen-bond donors (Lipinski definition) is 0. The molecule has 1 aromatic heterocycles. The molecule has 1 amide bonds. The molecule has 0 bridgehead atoms. The number of carbonyl (C=O) groups excluding carboxylic acids is 1. The van der Waals surface area contributed by atoms with Crippen molar-refractivity contribution >= 4 is 22.9 Å². The molecule has 4 rings (SSSR count). The van der Waals surface area contributed by atoms with Gasteiger partial charge in [-0.2, -0.15) is 0 Å². The van der Waals surface area contributed by atoms with Gasteiger partial charge in [0.15, 0.2) is 0 Å². The summed E-state index contributed by atoms with van der Waals surface area (Å²) in [6.45, 7) is 4.85. The lowest BCUT2D eigenvalue weighted by atomic mass is 10.1. The van der Waals surface area contributed by atoms with E-state index in [0.717, 1.165) is 23.7 Å². The second-order valence-electron chi connectivity index (χ2n) is 7.39. The van der Waals surface area contributed by atoms with Crippen LogP contribution in [-0.2, 0) is 6.54 Å². The number of benzene rings is 2. The minimum absolute atomic E-state index is 0.0363. The largest absolute Gasteiger partial charge is 0.371 e. The molecule has 144 valence electrons. The van der Waals surface area contributed by atoms with E-state index in [1.54, 1.807) is 4.90 Å². The van der Waals surface area contributed by atoms with Crippen LogP contribution in [0.3, 0.4) is 0 Å². The number of aromatic nitrogens is 1. The summed E-state index contributed by atoms with van der Waals surface area (Å²) in [5.74, 6) is -0.0363. The SMILES string of the molecule is Cc1ccc(-c2nc(C(=O)N(C)Cc3ccccc3N3CCCC3)cs2)cc1. The molecule has 1 saturated heterocycles. The lowest BCUT2D eigenvalue weighted by Gasteiger charge is -2.24. The molecule has 0 spiro atoms. The number of aryl methyl sites for hydroxylation is 1. The van der Waals surface area contributed by atoms with Crippen molar-refractivity contribution in [3.05, 3.63) is 70.7 Å². The maximum absolute atomic E-state index is 12.9. The predicted octanol–water partition coefficient (Wildman–Crippen LogP) is 4.99. The van der Waals surface area contributed by atoms with Crippen LogP contribution in [0.15, 0.2) is 53.9 Å². The van der Waals surface area contributed by atoms with Gasteiger partial charge in [-0.1, -0.05) is 48.0 Å². The smallest absolute Gasteiger partial charge is 0.273 e. The third-order valence-corrected chi connectivity index (χ3v) is 6.11. The molecule has 1 aliphatic rings. The zero-order valence-corrected chi connectivity index (χ0v) is 17.2. The number of hydrogen-bond acceptors (Lipinski definition) is 4. The van der Waals surface area contributed by atoms with Crippen LogP contribution in [0.4, 0.5) is 5.69 Å². The van der Waals surface area contributed by atoms with Gasteiger partial charge in [0.05, 0.1) is 0 Å². The molecule has 3 aromatic rings. The third-order valence-electron chi connectivity index (χ3n) is 5.21. The van der Waals surface area contributed by atoms with Gasteiger partial charge < -0.3 is 9.80 Å². The molecule has 0 saturated carbocycles. The Balaban J connectivity index is 1.49. The van der Waals surface area contributed by atoms with Crippen molar-refractivity contribution in [3.63, 3.8) is 0 Å². The van der Waals surface area contributed by atoms with Gasteiger partial charge in [-0.15, -0.1) is 11.3 Å². The highest BCUT2D eigenvalue weighted by atomic mass is 32.1. The zero-order valence-electron chi connectivity index (χ0n) is 16.4. The van der Waals surface area contributed by atoms with Crippen LogP contribution in [0.2, 0.25) is 0 Å². The van der Waals surface area contributed by atoms with Gasteiger partial charge in [0.1, 0.15) is 10.7 Å². The summed E-state index contributed by atoms with van der Waals surface area (Å²) in [5.41, 5.74) is 5.22. The van der Waals surface area contributed by atoms with E-state index >= 15 is 0 Å². The van der Waals surface area contributed by atoms with Crippen LogP contribution in [-0.4, -0.2) is 35.9 Å². The molecular weight excluding hydrogens is 366 g/mol. The maximum atomic E-state index is 12.9. The number of amides is 1. The first-order valence-electron chi connectivity index (χ1n) is 9.73. The molecule has 2 heterocycles. The Morgan fingerprint density at radius 3 is 2.57 bits per heavy atom. The molecule has 4 nitrogen and oxygen atoms in total. The van der Waals surface area contributed by atoms with E-state index in [9.17, 15) is 4.79 Å². The maximum Gasteiger partial charge on any atom is 0.273 e. The normalized spacial score (nSPS) is 13.7. The van der Waals surface area contributed by atoms with Crippen molar-refractivity contribution in [2.75, 3.05) is 25.0 Å². The lowest BCUT2D eigenvalue weighted by Crippen LogP contribution is -2.28. The van der Waals surface area contributed by atoms with Crippen LogP contribution in [0.25, 0.3) is 10.6 Å². The molecule has 0 N–H and O–H groups in total. The quantitative estimate of drug-likeness (QED) is 0.615. The molecule has 5 heteroatoms. The van der Waals surface area contributed by atoms with E-state index in [1.807, 2.05) is 18.5 Å². The Morgan fingerprint density at radius 1 is 1.11 bits per heavy atom. The number of carbonyl (C=O) groups is 1. The first-order valence-corrected chi connectivity index (χ1v) is 10.6. The van der Waals surface area contributed by atoms with Gasteiger partial charge in [0.2, 0.25) is 0 Å². The Labute approximate surface area is 170 Å². The fourth-order valence-corrected chi connectivity index (χ4v) is 4.43. The topological polar surface area (TPSA) is 36.4 Å². The van der Waals surface area contributed by atoms with E-state index < -0.39 is 0 Å². The minimum Gasteiger partial charge on any atom is -0.371 e. The van der Waals surface area contributed by atoms with Crippen LogP contribution in [0.5, 0.6) is 0 Å². The number of thiazole rings is 1. The first-order chi connectivity index (χ1) is 13.6. The predicted molar refractivity (Wildman–Crippen MR) is 116 cm³/mol. The Kier molecular flexibility index (Phi) is 5.44. The van der Waals surface area contributed by atoms with Crippen LogP contribution < -0.4 is 4.90 Å². The highest BCUT2D eigenvalue weighted by molar-refractivity contribution is 7.13. The third kappa shape index (κ3) is 3.94. The Bertz CT molecular complexity index is 958. The van der Waals surface area contributed by atoms with Crippen molar-refractivity contribution in [1.82, 2.24) is 9.88 Å². The summed E-state index contributed by atoms with van der Waals surface area (Å²) in [5, 5.41) is 2.75. The highest BCUT2D eigenvalue weighted by Crippen LogP contribution is 2.27. The van der Waals surface area contributed by atoms with Crippen molar-refractivity contribution in [2.45, 2.75) is 26.3 Å². The van der Waals surface area contributed by atoms with E-state index in [0.29, 0.717) is 12.2 Å². The summed E-state index contributed by atoms with van der Waals surface area (Å²) < 4.78 is 0. The van der Waals surface area contributed by atoms with E-state index in [1.165, 1.54) is 41.0 Å². The molecule has 1 aliphatic heterocycles. The number of nitrogens with zero attached hydrogens (tertiary/aromatic N) is 3. The second kappa shape index (κ2) is 8.15. The zero-order chi connectivity index (χ0) is 19.5. The molecule has 2 aromatic carbocycles. The van der Waals surface area contributed by atoms with Gasteiger partial charge in [-0.3, -0.25) is 4.79 Å². The molecule has 28 heavy (non-hydrogen) atoms. The van der Waals surface area contributed by atoms with Gasteiger partial charge in [0.25, 0.3) is 5.91 Å². The van der Waals surface area contributed by atoms with Crippen LogP contribution in [0, 0.1) is 6.92 Å². The fraction of sp³-hybridized carbons (Fsp3) is 0.304. The van der Waals surface area contributed by atoms with Crippen LogP contribution in [0.1, 0.15) is 34.5 Å². The number of para-hydroxylation sites is 1. The van der Waals surface area contributed by atoms with Crippen molar-refractivity contribution < 1.29 is 4.79 Å². The number of rotatable bonds is 5. The van der Waals surface area contributed by atoms with E-state index in [4.69, 9.17) is 0 Å². The molecule has 0 atom stereocenters. The van der Waals surface area contributed by atoms with Crippen molar-refractivity contribution in [1.29, 1.82) is 0 Å². The standard InChI is InChI=1S/C23H25N3OS/c1-17-9-11-18(12-10-17)22-24-20(16-28-22)23(27)25(2)15-19-7-3-4-8-21(19)26-13-5-6-14-26/h3-4,7-12,16H,5-6,13-15H2,1-2H3. The molecule has 0 radical (unpaired) electrons. The lowest BCUT2D eigenvalue weighted by molar-refractivity contribution is 0.0780. The Morgan fingerprint density at radius 2 is 1.82 bits per heavy atom. The number of anilines is 1. The van der Waals surface area contributed by atoms with Gasteiger partial charge in [0, 0.05) is 43.3 Å². The Hall–Kier alpha value is -2.66. The van der Waals surface area contributed by atoms with Gasteiger partial charge in [-0.25, -0.2) is 4.98 Å². The van der Waals surface area contributed by atoms with Crippen molar-refractivity contribution in [2.24, 2.45) is 0 Å². The summed E-state index contributed by atoms with van der Waals surface area (Å²) in [4.78, 5) is 21.7. The van der Waals surface area contributed by atoms with Crippen molar-refractivity contribution in [3.8, 4) is 10.6 Å². The second-order valence-corrected chi connectivity index (χ2v) is 8.25. The molecule has 0 aliphatic carbocycles. The highest BCUT2D eigenvalue weighted by Gasteiger charge is 2.20. The summed E-state index contributed by atoms with van der Waals surface area (Å²) >= 11 is 1.52. The average molecular weight is 392 g/mol. The molecular formula is C23H25N3OS. The van der Waals surface area contributed by atoms with Crippen LogP contribution >= 0.6 is 11.3 Å². The molecule has 0 unspecified atom stereocenters. The van der Waals surface area contributed by atoms with E-state index in [-0.39, 0.29) is 5.91 Å². The van der Waals surface area contributed by atoms with Gasteiger partial charge in [-0.05, 0) is 31.4 Å². The van der Waals surface area contributed by atoms with E-state index in [2.05, 4.69) is 59.3 Å². The summed E-state index contributed by atoms with van der Waals surface area (Å²) in [6.07, 6.45) is 2.48. The molecule has 1 fully saturated rings.